The van der Waals surface area contributed by atoms with E-state index in [4.69, 9.17) is 9.47 Å². The van der Waals surface area contributed by atoms with E-state index in [0.717, 1.165) is 16.8 Å². The lowest BCUT2D eigenvalue weighted by Crippen LogP contribution is -2.23. The van der Waals surface area contributed by atoms with Crippen LogP contribution in [0.5, 0.6) is 11.5 Å². The van der Waals surface area contributed by atoms with Crippen LogP contribution in [0.25, 0.3) is 5.69 Å². The highest BCUT2D eigenvalue weighted by Gasteiger charge is 2.21. The molecule has 1 aliphatic rings. The number of anilines is 1. The van der Waals surface area contributed by atoms with Gasteiger partial charge in [0.05, 0.1) is 10.9 Å². The zero-order chi connectivity index (χ0) is 20.4. The van der Waals surface area contributed by atoms with Crippen molar-refractivity contribution in [1.29, 1.82) is 0 Å². The van der Waals surface area contributed by atoms with Crippen LogP contribution in [0.15, 0.2) is 41.6 Å². The largest absolute Gasteiger partial charge is 0.486 e. The van der Waals surface area contributed by atoms with Gasteiger partial charge in [-0.05, 0) is 60.5 Å². The van der Waals surface area contributed by atoms with E-state index in [1.807, 2.05) is 39.0 Å². The topological polar surface area (TPSA) is 91.2 Å². The second-order valence-electron chi connectivity index (χ2n) is 6.70. The molecule has 0 fully saturated rings. The van der Waals surface area contributed by atoms with Gasteiger partial charge in [-0.2, -0.15) is 4.68 Å². The number of ether oxygens (including phenoxy) is 2. The maximum Gasteiger partial charge on any atom is 0.237 e. The van der Waals surface area contributed by atoms with E-state index >= 15 is 0 Å². The smallest absolute Gasteiger partial charge is 0.237 e. The Bertz CT molecular complexity index is 1050. The van der Waals surface area contributed by atoms with E-state index in [1.54, 1.807) is 22.9 Å². The molecule has 0 radical (unpaired) electrons. The number of tetrazole rings is 1. The Morgan fingerprint density at radius 2 is 1.97 bits per heavy atom. The van der Waals surface area contributed by atoms with Crippen LogP contribution >= 0.6 is 11.8 Å². The maximum absolute atomic E-state index is 12.7. The number of rotatable bonds is 5. The first kappa shape index (κ1) is 19.3. The van der Waals surface area contributed by atoms with E-state index in [1.165, 1.54) is 11.8 Å². The van der Waals surface area contributed by atoms with Gasteiger partial charge in [0.1, 0.15) is 13.2 Å². The van der Waals surface area contributed by atoms with Crippen LogP contribution < -0.4 is 14.8 Å². The number of hydrogen-bond acceptors (Lipinski definition) is 7. The molecule has 2 aromatic carbocycles. The molecule has 3 aromatic rings. The molecule has 9 heteroatoms. The third kappa shape index (κ3) is 4.04. The van der Waals surface area contributed by atoms with Crippen molar-refractivity contribution in [3.63, 3.8) is 0 Å². The van der Waals surface area contributed by atoms with Crippen LogP contribution in [0.1, 0.15) is 18.1 Å². The molecule has 0 bridgehead atoms. The van der Waals surface area contributed by atoms with Gasteiger partial charge in [0.2, 0.25) is 11.1 Å². The summed E-state index contributed by atoms with van der Waals surface area (Å²) in [5.74, 6) is 1.17. The second-order valence-corrected chi connectivity index (χ2v) is 8.01. The van der Waals surface area contributed by atoms with E-state index < -0.39 is 5.25 Å². The molecule has 1 aliphatic heterocycles. The van der Waals surface area contributed by atoms with Crippen molar-refractivity contribution in [3.8, 4) is 17.2 Å². The molecule has 4 rings (SSSR count). The molecule has 1 unspecified atom stereocenters. The fourth-order valence-electron chi connectivity index (χ4n) is 2.95. The van der Waals surface area contributed by atoms with Crippen LogP contribution in [0.3, 0.4) is 0 Å². The molecule has 0 saturated carbocycles. The quantitative estimate of drug-likeness (QED) is 0.645. The maximum atomic E-state index is 12.7. The highest BCUT2D eigenvalue weighted by molar-refractivity contribution is 8.00. The zero-order valence-electron chi connectivity index (χ0n) is 16.4. The van der Waals surface area contributed by atoms with Gasteiger partial charge in [0, 0.05) is 11.8 Å². The lowest BCUT2D eigenvalue weighted by molar-refractivity contribution is -0.115. The third-order valence-electron chi connectivity index (χ3n) is 4.71. The summed E-state index contributed by atoms with van der Waals surface area (Å²) < 4.78 is 12.7. The van der Waals surface area contributed by atoms with E-state index in [2.05, 4.69) is 20.8 Å². The number of carbonyl (C=O) groups is 1. The molecular weight excluding hydrogens is 390 g/mol. The van der Waals surface area contributed by atoms with Crippen molar-refractivity contribution >= 4 is 23.4 Å². The molecule has 2 heterocycles. The number of nitrogens with zero attached hydrogens (tertiary/aromatic N) is 4. The van der Waals surface area contributed by atoms with Crippen LogP contribution in [-0.2, 0) is 4.79 Å². The summed E-state index contributed by atoms with van der Waals surface area (Å²) in [5.41, 5.74) is 3.80. The summed E-state index contributed by atoms with van der Waals surface area (Å²) in [6.45, 7) is 6.91. The first-order valence-corrected chi connectivity index (χ1v) is 10.1. The number of carbonyl (C=O) groups excluding carboxylic acids is 1. The SMILES string of the molecule is Cc1cccc(-n2nnnc2SC(C)C(=O)Nc2ccc3c(c2)OCCO3)c1C. The number of nitrogens with one attached hydrogen (secondary N) is 1. The van der Waals surface area contributed by atoms with E-state index in [9.17, 15) is 4.79 Å². The summed E-state index contributed by atoms with van der Waals surface area (Å²) in [4.78, 5) is 12.7. The number of amides is 1. The van der Waals surface area contributed by atoms with Gasteiger partial charge in [-0.3, -0.25) is 4.79 Å². The molecular formula is C20H21N5O3S. The minimum Gasteiger partial charge on any atom is -0.486 e. The summed E-state index contributed by atoms with van der Waals surface area (Å²) in [5, 5.41) is 15.1. The Balaban J connectivity index is 1.47. The zero-order valence-corrected chi connectivity index (χ0v) is 17.2. The van der Waals surface area contributed by atoms with Crippen LogP contribution in [0.2, 0.25) is 0 Å². The molecule has 1 N–H and O–H groups in total. The molecule has 0 spiro atoms. The summed E-state index contributed by atoms with van der Waals surface area (Å²) in [7, 11) is 0. The number of hydrogen-bond donors (Lipinski definition) is 1. The summed E-state index contributed by atoms with van der Waals surface area (Å²) >= 11 is 1.30. The first-order chi connectivity index (χ1) is 14.0. The average molecular weight is 411 g/mol. The number of aromatic nitrogens is 4. The molecule has 1 aromatic heterocycles. The van der Waals surface area contributed by atoms with Crippen LogP contribution in [0.4, 0.5) is 5.69 Å². The monoisotopic (exact) mass is 411 g/mol. The first-order valence-electron chi connectivity index (χ1n) is 9.25. The normalized spacial score (nSPS) is 13.8. The van der Waals surface area contributed by atoms with Crippen molar-refractivity contribution in [3.05, 3.63) is 47.5 Å². The van der Waals surface area contributed by atoms with Gasteiger partial charge in [-0.25, -0.2) is 0 Å². The predicted octanol–water partition coefficient (Wildman–Crippen LogP) is 3.17. The fourth-order valence-corrected chi connectivity index (χ4v) is 3.75. The molecule has 29 heavy (non-hydrogen) atoms. The molecule has 1 amide bonds. The van der Waals surface area contributed by atoms with Crippen LogP contribution in [0, 0.1) is 13.8 Å². The minimum absolute atomic E-state index is 0.151. The fraction of sp³-hybridized carbons (Fsp3) is 0.300. The number of thioether (sulfide) groups is 1. The summed E-state index contributed by atoms with van der Waals surface area (Å²) in [6.07, 6.45) is 0. The Kier molecular flexibility index (Phi) is 5.39. The highest BCUT2D eigenvalue weighted by atomic mass is 32.2. The van der Waals surface area contributed by atoms with Crippen molar-refractivity contribution in [2.75, 3.05) is 18.5 Å². The van der Waals surface area contributed by atoms with Gasteiger partial charge < -0.3 is 14.8 Å². The third-order valence-corrected chi connectivity index (χ3v) is 5.74. The Morgan fingerprint density at radius 3 is 2.79 bits per heavy atom. The van der Waals surface area contributed by atoms with E-state index in [0.29, 0.717) is 35.6 Å². The van der Waals surface area contributed by atoms with Crippen molar-refractivity contribution in [2.45, 2.75) is 31.2 Å². The van der Waals surface area contributed by atoms with Crippen molar-refractivity contribution in [1.82, 2.24) is 20.2 Å². The Labute approximate surface area is 172 Å². The van der Waals surface area contributed by atoms with Crippen molar-refractivity contribution < 1.29 is 14.3 Å². The average Bonchev–Trinajstić information content (AvgIpc) is 3.17. The van der Waals surface area contributed by atoms with Crippen molar-refractivity contribution in [2.24, 2.45) is 0 Å². The van der Waals surface area contributed by atoms with Gasteiger partial charge in [-0.15, -0.1) is 5.10 Å². The Morgan fingerprint density at radius 1 is 1.17 bits per heavy atom. The molecule has 0 saturated heterocycles. The van der Waals surface area contributed by atoms with Gasteiger partial charge in [0.25, 0.3) is 0 Å². The highest BCUT2D eigenvalue weighted by Crippen LogP contribution is 2.33. The Hall–Kier alpha value is -3.07. The van der Waals surface area contributed by atoms with Gasteiger partial charge >= 0.3 is 0 Å². The molecule has 150 valence electrons. The second kappa shape index (κ2) is 8.12. The molecule has 1 atom stereocenters. The number of benzene rings is 2. The van der Waals surface area contributed by atoms with Gasteiger partial charge in [-0.1, -0.05) is 23.9 Å². The van der Waals surface area contributed by atoms with Crippen LogP contribution in [-0.4, -0.2) is 44.6 Å². The number of aryl methyl sites for hydroxylation is 1. The standard InChI is InChI=1S/C20H21N5O3S/c1-12-5-4-6-16(13(12)2)25-20(22-23-24-25)29-14(3)19(26)21-15-7-8-17-18(11-15)28-10-9-27-17/h4-8,11,14H,9-10H2,1-3H3,(H,21,26). The molecule has 0 aliphatic carbocycles. The minimum atomic E-state index is -0.405. The van der Waals surface area contributed by atoms with E-state index in [-0.39, 0.29) is 5.91 Å². The number of fused-ring (bicyclic) bond motifs is 1. The lowest BCUT2D eigenvalue weighted by atomic mass is 10.1. The van der Waals surface area contributed by atoms with Gasteiger partial charge in [0.15, 0.2) is 11.5 Å². The molecule has 8 nitrogen and oxygen atoms in total. The lowest BCUT2D eigenvalue weighted by Gasteiger charge is -2.19. The predicted molar refractivity (Wildman–Crippen MR) is 110 cm³/mol. The summed E-state index contributed by atoms with van der Waals surface area (Å²) in [6, 6.07) is 11.3.